The highest BCUT2D eigenvalue weighted by Crippen LogP contribution is 2.47. The Balaban J connectivity index is 1.56. The summed E-state index contributed by atoms with van der Waals surface area (Å²) in [7, 11) is 2.08. The largest absolute Gasteiger partial charge is 0.508 e. The molecule has 0 aliphatic heterocycles. The van der Waals surface area contributed by atoms with Crippen molar-refractivity contribution in [2.24, 2.45) is 18.0 Å². The zero-order valence-corrected chi connectivity index (χ0v) is 21.7. The first kappa shape index (κ1) is 24.5. The van der Waals surface area contributed by atoms with Gasteiger partial charge >= 0.3 is 0 Å². The van der Waals surface area contributed by atoms with Gasteiger partial charge in [0, 0.05) is 53.3 Å². The number of aliphatic imine (C=N–C) groups is 1. The van der Waals surface area contributed by atoms with Crippen molar-refractivity contribution in [3.63, 3.8) is 0 Å². The molecule has 2 N–H and O–H groups in total. The molecule has 4 rings (SSSR count). The van der Waals surface area contributed by atoms with Gasteiger partial charge in [0.1, 0.15) is 16.5 Å². The molecular formula is C29H36N2O2S. The third kappa shape index (κ3) is 4.90. The Bertz CT molecular complexity index is 1250. The molecule has 4 nitrogen and oxygen atoms in total. The zero-order valence-electron chi connectivity index (χ0n) is 20.9. The van der Waals surface area contributed by atoms with Gasteiger partial charge in [0.15, 0.2) is 0 Å². The maximum absolute atomic E-state index is 10.6. The molecule has 180 valence electrons. The number of rotatable bonds is 8. The Kier molecular flexibility index (Phi) is 7.13. The highest BCUT2D eigenvalue weighted by Gasteiger charge is 2.29. The second-order valence-corrected chi connectivity index (χ2v) is 10.3. The number of aromatic nitrogens is 1. The highest BCUT2D eigenvalue weighted by atomic mass is 32.1. The number of aromatic hydroxyl groups is 2. The molecule has 1 heterocycles. The van der Waals surface area contributed by atoms with Crippen LogP contribution in [0.25, 0.3) is 10.9 Å². The lowest BCUT2D eigenvalue weighted by molar-refractivity contribution is 0.441. The Hall–Kier alpha value is -2.66. The van der Waals surface area contributed by atoms with Crippen molar-refractivity contribution in [1.82, 2.24) is 4.57 Å². The lowest BCUT2D eigenvalue weighted by Crippen LogP contribution is -2.17. The second-order valence-electron chi connectivity index (χ2n) is 9.84. The number of aryl methyl sites for hydroxylation is 2. The van der Waals surface area contributed by atoms with Gasteiger partial charge in [-0.2, -0.15) is 0 Å². The van der Waals surface area contributed by atoms with Crippen LogP contribution in [-0.2, 0) is 13.5 Å². The molecule has 3 aromatic rings. The fraction of sp³-hybridized carbons (Fsp3) is 0.448. The van der Waals surface area contributed by atoms with E-state index in [1.54, 1.807) is 0 Å². The van der Waals surface area contributed by atoms with E-state index in [1.165, 1.54) is 28.1 Å². The molecule has 2 unspecified atom stereocenters. The number of fused-ring (bicyclic) bond motifs is 1. The summed E-state index contributed by atoms with van der Waals surface area (Å²) in [5.74, 6) is 0.838. The van der Waals surface area contributed by atoms with E-state index in [0.717, 1.165) is 53.9 Å². The summed E-state index contributed by atoms with van der Waals surface area (Å²) in [6.07, 6.45) is 6.91. The van der Waals surface area contributed by atoms with Gasteiger partial charge in [0.2, 0.25) is 0 Å². The summed E-state index contributed by atoms with van der Waals surface area (Å²) in [5.41, 5.74) is 6.55. The van der Waals surface area contributed by atoms with Crippen LogP contribution in [0, 0.1) is 12.8 Å². The minimum Gasteiger partial charge on any atom is -0.508 e. The minimum absolute atomic E-state index is 0.0677. The predicted octanol–water partition coefficient (Wildman–Crippen LogP) is 7.33. The molecule has 0 saturated heterocycles. The van der Waals surface area contributed by atoms with Crippen LogP contribution in [0.15, 0.2) is 41.5 Å². The molecule has 1 fully saturated rings. The maximum Gasteiger partial charge on any atom is 0.123 e. The smallest absolute Gasteiger partial charge is 0.123 e. The molecule has 0 spiro atoms. The van der Waals surface area contributed by atoms with Crippen LogP contribution in [0.1, 0.15) is 80.5 Å². The SMILES string of the molecule is CCC(=NC(=S)C(CC)Cc1ccc2c(c1)c(C)cn2C)C(C)c1cc(C2CC2)c(O)cc1O. The molecule has 1 aliphatic carbocycles. The van der Waals surface area contributed by atoms with Crippen molar-refractivity contribution >= 4 is 33.8 Å². The van der Waals surface area contributed by atoms with E-state index in [9.17, 15) is 10.2 Å². The van der Waals surface area contributed by atoms with Gasteiger partial charge in [0.05, 0.1) is 0 Å². The van der Waals surface area contributed by atoms with E-state index < -0.39 is 0 Å². The number of thiocarbonyl (C=S) groups is 1. The lowest BCUT2D eigenvalue weighted by Gasteiger charge is -2.20. The van der Waals surface area contributed by atoms with Gasteiger partial charge in [-0.1, -0.05) is 39.1 Å². The molecule has 34 heavy (non-hydrogen) atoms. The van der Waals surface area contributed by atoms with Crippen LogP contribution < -0.4 is 0 Å². The van der Waals surface area contributed by atoms with Crippen LogP contribution in [0.5, 0.6) is 11.5 Å². The maximum atomic E-state index is 10.6. The average Bonchev–Trinajstić information content (AvgIpc) is 3.61. The Morgan fingerprint density at radius 2 is 1.88 bits per heavy atom. The van der Waals surface area contributed by atoms with Gasteiger partial charge in [-0.15, -0.1) is 0 Å². The monoisotopic (exact) mass is 476 g/mol. The number of benzene rings is 2. The van der Waals surface area contributed by atoms with Crippen LogP contribution >= 0.6 is 12.2 Å². The summed E-state index contributed by atoms with van der Waals surface area (Å²) in [6.45, 7) is 8.48. The van der Waals surface area contributed by atoms with Crippen LogP contribution in [0.4, 0.5) is 0 Å². The molecule has 0 amide bonds. The third-order valence-electron chi connectivity index (χ3n) is 7.35. The fourth-order valence-corrected chi connectivity index (χ4v) is 5.40. The first-order valence-corrected chi connectivity index (χ1v) is 12.9. The van der Waals surface area contributed by atoms with Crippen LogP contribution in [0.3, 0.4) is 0 Å². The number of phenolic OH excluding ortho intramolecular Hbond substituents is 2. The summed E-state index contributed by atoms with van der Waals surface area (Å²) in [4.78, 5) is 5.68. The van der Waals surface area contributed by atoms with Crippen molar-refractivity contribution in [3.05, 3.63) is 58.8 Å². The van der Waals surface area contributed by atoms with E-state index in [-0.39, 0.29) is 23.3 Å². The van der Waals surface area contributed by atoms with E-state index in [1.807, 2.05) is 6.07 Å². The van der Waals surface area contributed by atoms with E-state index >= 15 is 0 Å². The van der Waals surface area contributed by atoms with Crippen molar-refractivity contribution in [3.8, 4) is 11.5 Å². The number of hydrogen-bond acceptors (Lipinski definition) is 3. The molecule has 1 aromatic heterocycles. The number of hydrogen-bond donors (Lipinski definition) is 2. The molecule has 1 aliphatic rings. The summed E-state index contributed by atoms with van der Waals surface area (Å²) >= 11 is 5.85. The van der Waals surface area contributed by atoms with Crippen LogP contribution in [0.2, 0.25) is 0 Å². The van der Waals surface area contributed by atoms with E-state index in [2.05, 4.69) is 63.7 Å². The van der Waals surface area contributed by atoms with Gasteiger partial charge < -0.3 is 14.8 Å². The fourth-order valence-electron chi connectivity index (χ4n) is 5.03. The molecular weight excluding hydrogens is 440 g/mol. The topological polar surface area (TPSA) is 57.8 Å². The molecule has 0 radical (unpaired) electrons. The van der Waals surface area contributed by atoms with Gasteiger partial charge in [-0.25, -0.2) is 4.99 Å². The Morgan fingerprint density at radius 3 is 2.53 bits per heavy atom. The average molecular weight is 477 g/mol. The van der Waals surface area contributed by atoms with Crippen molar-refractivity contribution < 1.29 is 10.2 Å². The molecule has 2 aromatic carbocycles. The summed E-state index contributed by atoms with van der Waals surface area (Å²) < 4.78 is 2.17. The Labute approximate surface area is 208 Å². The third-order valence-corrected chi connectivity index (χ3v) is 7.78. The molecule has 2 atom stereocenters. The van der Waals surface area contributed by atoms with Gasteiger partial charge in [-0.3, -0.25) is 0 Å². The summed E-state index contributed by atoms with van der Waals surface area (Å²) in [6, 6.07) is 10.1. The summed E-state index contributed by atoms with van der Waals surface area (Å²) in [5, 5.41) is 22.1. The lowest BCUT2D eigenvalue weighted by atomic mass is 9.90. The van der Waals surface area contributed by atoms with Crippen LogP contribution in [-0.4, -0.2) is 25.5 Å². The predicted molar refractivity (Wildman–Crippen MR) is 146 cm³/mol. The molecule has 5 heteroatoms. The standard InChI is InChI=1S/C29H36N2O2S/c1-6-20(12-19-8-11-26-22(13-19)17(3)16-31(26)5)29(34)30-25(7-2)18(4)23-14-24(21-9-10-21)28(33)15-27(23)32/h8,11,13-16,18,20-21,32-33H,6-7,9-10,12H2,1-5H3. The normalized spacial score (nSPS) is 16.1. The number of phenols is 2. The quantitative estimate of drug-likeness (QED) is 0.264. The van der Waals surface area contributed by atoms with Crippen molar-refractivity contribution in [2.75, 3.05) is 0 Å². The molecule has 1 saturated carbocycles. The first-order valence-electron chi connectivity index (χ1n) is 12.4. The first-order chi connectivity index (χ1) is 16.2. The minimum atomic E-state index is -0.0677. The zero-order chi connectivity index (χ0) is 24.6. The van der Waals surface area contributed by atoms with Crippen molar-refractivity contribution in [1.29, 1.82) is 0 Å². The second kappa shape index (κ2) is 9.91. The van der Waals surface area contributed by atoms with Gasteiger partial charge in [-0.05, 0) is 79.8 Å². The van der Waals surface area contributed by atoms with E-state index in [4.69, 9.17) is 17.2 Å². The number of nitrogens with zero attached hydrogens (tertiary/aromatic N) is 2. The molecule has 0 bridgehead atoms. The Morgan fingerprint density at radius 1 is 1.15 bits per heavy atom. The van der Waals surface area contributed by atoms with Gasteiger partial charge in [0.25, 0.3) is 0 Å². The van der Waals surface area contributed by atoms with E-state index in [0.29, 0.717) is 5.92 Å². The van der Waals surface area contributed by atoms with Crippen molar-refractivity contribution in [2.45, 2.75) is 71.6 Å². The highest BCUT2D eigenvalue weighted by molar-refractivity contribution is 7.80.